The Labute approximate surface area is 113 Å². The molecule has 1 aromatic carbocycles. The van der Waals surface area contributed by atoms with Gasteiger partial charge in [-0.15, -0.1) is 0 Å². The monoisotopic (exact) mass is 281 g/mol. The SMILES string of the molecule is CN(C)CCNS(=O)(=O)c1cn(C)c2ccccc12. The topological polar surface area (TPSA) is 54.3 Å². The first kappa shape index (κ1) is 14.0. The van der Waals surface area contributed by atoms with Crippen LogP contribution in [0.15, 0.2) is 35.4 Å². The van der Waals surface area contributed by atoms with Crippen LogP contribution in [0, 0.1) is 0 Å². The summed E-state index contributed by atoms with van der Waals surface area (Å²) in [5.41, 5.74) is 0.912. The summed E-state index contributed by atoms with van der Waals surface area (Å²) in [7, 11) is 2.21. The highest BCUT2D eigenvalue weighted by Crippen LogP contribution is 2.24. The van der Waals surface area contributed by atoms with Gasteiger partial charge >= 0.3 is 0 Å². The number of nitrogens with one attached hydrogen (secondary N) is 1. The van der Waals surface area contributed by atoms with Crippen LogP contribution >= 0.6 is 0 Å². The van der Waals surface area contributed by atoms with E-state index >= 15 is 0 Å². The zero-order chi connectivity index (χ0) is 14.0. The first-order valence-electron chi connectivity index (χ1n) is 6.10. The van der Waals surface area contributed by atoms with E-state index in [1.165, 1.54) is 0 Å². The highest BCUT2D eigenvalue weighted by molar-refractivity contribution is 7.89. The van der Waals surface area contributed by atoms with Crippen molar-refractivity contribution in [1.29, 1.82) is 0 Å². The summed E-state index contributed by atoms with van der Waals surface area (Å²) in [5, 5.41) is 0.752. The lowest BCUT2D eigenvalue weighted by Gasteiger charge is -2.10. The molecule has 5 nitrogen and oxygen atoms in total. The molecule has 19 heavy (non-hydrogen) atoms. The number of aryl methyl sites for hydroxylation is 1. The molecule has 1 aromatic heterocycles. The molecule has 0 amide bonds. The van der Waals surface area contributed by atoms with Gasteiger partial charge in [-0.05, 0) is 20.2 Å². The number of rotatable bonds is 5. The lowest BCUT2D eigenvalue weighted by atomic mass is 10.2. The smallest absolute Gasteiger partial charge is 0.242 e. The van der Waals surface area contributed by atoms with E-state index in [2.05, 4.69) is 4.72 Å². The van der Waals surface area contributed by atoms with Gasteiger partial charge in [-0.2, -0.15) is 0 Å². The molecule has 1 N–H and O–H groups in total. The van der Waals surface area contributed by atoms with E-state index in [1.807, 2.05) is 54.9 Å². The highest BCUT2D eigenvalue weighted by atomic mass is 32.2. The maximum Gasteiger partial charge on any atom is 0.242 e. The van der Waals surface area contributed by atoms with E-state index in [-0.39, 0.29) is 0 Å². The van der Waals surface area contributed by atoms with E-state index < -0.39 is 10.0 Å². The molecular formula is C13H19N3O2S. The lowest BCUT2D eigenvalue weighted by molar-refractivity contribution is 0.412. The standard InChI is InChI=1S/C13H19N3O2S/c1-15(2)9-8-14-19(17,18)13-10-16(3)12-7-5-4-6-11(12)13/h4-7,10,14H,8-9H2,1-3H3. The molecule has 0 bridgehead atoms. The van der Waals surface area contributed by atoms with Crippen LogP contribution in [-0.2, 0) is 17.1 Å². The van der Waals surface area contributed by atoms with Crippen molar-refractivity contribution in [3.63, 3.8) is 0 Å². The van der Waals surface area contributed by atoms with Crippen molar-refractivity contribution in [1.82, 2.24) is 14.2 Å². The van der Waals surface area contributed by atoms with Crippen molar-refractivity contribution in [3.8, 4) is 0 Å². The average Bonchev–Trinajstić information content (AvgIpc) is 2.68. The van der Waals surface area contributed by atoms with Gasteiger partial charge in [-0.3, -0.25) is 0 Å². The molecule has 2 aromatic rings. The molecule has 0 unspecified atom stereocenters. The number of hydrogen-bond acceptors (Lipinski definition) is 3. The van der Waals surface area contributed by atoms with Gasteiger partial charge < -0.3 is 9.47 Å². The maximum atomic E-state index is 12.3. The third-order valence-electron chi connectivity index (χ3n) is 3.00. The molecule has 0 saturated heterocycles. The Kier molecular flexibility index (Phi) is 3.93. The van der Waals surface area contributed by atoms with E-state index in [9.17, 15) is 8.42 Å². The highest BCUT2D eigenvalue weighted by Gasteiger charge is 2.19. The van der Waals surface area contributed by atoms with Gasteiger partial charge in [0.1, 0.15) is 4.90 Å². The lowest BCUT2D eigenvalue weighted by Crippen LogP contribution is -2.31. The number of fused-ring (bicyclic) bond motifs is 1. The molecule has 0 saturated carbocycles. The molecule has 0 aliphatic rings. The summed E-state index contributed by atoms with van der Waals surface area (Å²) in [6.45, 7) is 1.07. The molecular weight excluding hydrogens is 262 g/mol. The van der Waals surface area contributed by atoms with E-state index in [1.54, 1.807) is 6.20 Å². The first-order chi connectivity index (χ1) is 8.92. The molecule has 0 spiro atoms. The number of sulfonamides is 1. The molecule has 104 valence electrons. The largest absolute Gasteiger partial charge is 0.349 e. The van der Waals surface area contributed by atoms with Crippen LogP contribution in [0.3, 0.4) is 0 Å². The fourth-order valence-electron chi connectivity index (χ4n) is 2.00. The van der Waals surface area contributed by atoms with Crippen LogP contribution < -0.4 is 4.72 Å². The van der Waals surface area contributed by atoms with Gasteiger partial charge in [0, 0.05) is 37.2 Å². The first-order valence-corrected chi connectivity index (χ1v) is 7.58. The van der Waals surface area contributed by atoms with Crippen molar-refractivity contribution in [2.75, 3.05) is 27.2 Å². The van der Waals surface area contributed by atoms with Gasteiger partial charge in [-0.25, -0.2) is 13.1 Å². The van der Waals surface area contributed by atoms with Gasteiger partial charge in [0.25, 0.3) is 0 Å². The van der Waals surface area contributed by atoms with Crippen LogP contribution in [0.1, 0.15) is 0 Å². The second-order valence-electron chi connectivity index (χ2n) is 4.82. The van der Waals surface area contributed by atoms with Crippen LogP contribution in [-0.4, -0.2) is 45.1 Å². The van der Waals surface area contributed by atoms with E-state index in [0.29, 0.717) is 18.0 Å². The van der Waals surface area contributed by atoms with Crippen LogP contribution in [0.2, 0.25) is 0 Å². The normalized spacial score (nSPS) is 12.4. The Hall–Kier alpha value is -1.37. The van der Waals surface area contributed by atoms with Crippen LogP contribution in [0.5, 0.6) is 0 Å². The number of para-hydroxylation sites is 1. The van der Waals surface area contributed by atoms with Gasteiger partial charge in [-0.1, -0.05) is 18.2 Å². The molecule has 0 aliphatic carbocycles. The summed E-state index contributed by atoms with van der Waals surface area (Å²) in [5.74, 6) is 0. The van der Waals surface area contributed by atoms with Crippen molar-refractivity contribution < 1.29 is 8.42 Å². The molecule has 6 heteroatoms. The number of aromatic nitrogens is 1. The second kappa shape index (κ2) is 5.32. The summed E-state index contributed by atoms with van der Waals surface area (Å²) >= 11 is 0. The van der Waals surface area contributed by atoms with Crippen LogP contribution in [0.25, 0.3) is 10.9 Å². The van der Waals surface area contributed by atoms with E-state index in [0.717, 1.165) is 10.9 Å². The Morgan fingerprint density at radius 3 is 2.63 bits per heavy atom. The predicted molar refractivity (Wildman–Crippen MR) is 76.7 cm³/mol. The zero-order valence-corrected chi connectivity index (χ0v) is 12.2. The molecule has 0 aliphatic heterocycles. The molecule has 0 atom stereocenters. The quantitative estimate of drug-likeness (QED) is 0.890. The van der Waals surface area contributed by atoms with Crippen molar-refractivity contribution in [2.45, 2.75) is 4.90 Å². The third-order valence-corrected chi connectivity index (χ3v) is 4.49. The average molecular weight is 281 g/mol. The summed E-state index contributed by atoms with van der Waals surface area (Å²) in [4.78, 5) is 2.27. The van der Waals surface area contributed by atoms with Crippen molar-refractivity contribution >= 4 is 20.9 Å². The van der Waals surface area contributed by atoms with Crippen molar-refractivity contribution in [2.24, 2.45) is 7.05 Å². The van der Waals surface area contributed by atoms with Gasteiger partial charge in [0.15, 0.2) is 0 Å². The minimum atomic E-state index is -3.46. The summed E-state index contributed by atoms with van der Waals surface area (Å²) < 4.78 is 29.1. The number of hydrogen-bond donors (Lipinski definition) is 1. The minimum Gasteiger partial charge on any atom is -0.349 e. The summed E-state index contributed by atoms with van der Waals surface area (Å²) in [6.07, 6.45) is 1.66. The Morgan fingerprint density at radius 2 is 1.95 bits per heavy atom. The fourth-order valence-corrected chi connectivity index (χ4v) is 3.27. The number of benzene rings is 1. The molecule has 0 radical (unpaired) electrons. The molecule has 2 rings (SSSR count). The Balaban J connectivity index is 2.33. The molecule has 1 heterocycles. The zero-order valence-electron chi connectivity index (χ0n) is 11.4. The Bertz CT molecular complexity index is 674. The third kappa shape index (κ3) is 2.97. The van der Waals surface area contributed by atoms with Gasteiger partial charge in [0.2, 0.25) is 10.0 Å². The van der Waals surface area contributed by atoms with Gasteiger partial charge in [0.05, 0.1) is 0 Å². The second-order valence-corrected chi connectivity index (χ2v) is 6.56. The number of nitrogens with zero attached hydrogens (tertiary/aromatic N) is 2. The predicted octanol–water partition coefficient (Wildman–Crippen LogP) is 1.02. The van der Waals surface area contributed by atoms with Crippen LogP contribution in [0.4, 0.5) is 0 Å². The molecule has 0 fully saturated rings. The van der Waals surface area contributed by atoms with Crippen molar-refractivity contribution in [3.05, 3.63) is 30.5 Å². The fraction of sp³-hybridized carbons (Fsp3) is 0.385. The number of likely N-dealkylation sites (N-methyl/N-ethyl adjacent to an activating group) is 1. The minimum absolute atomic E-state index is 0.337. The summed E-state index contributed by atoms with van der Waals surface area (Å²) in [6, 6.07) is 7.49. The Morgan fingerprint density at radius 1 is 1.26 bits per heavy atom. The van der Waals surface area contributed by atoms with E-state index in [4.69, 9.17) is 0 Å². The maximum absolute atomic E-state index is 12.3.